The van der Waals surface area contributed by atoms with E-state index in [1.54, 1.807) is 35.2 Å². The predicted molar refractivity (Wildman–Crippen MR) is 79.4 cm³/mol. The Morgan fingerprint density at radius 2 is 2.14 bits per heavy atom. The summed E-state index contributed by atoms with van der Waals surface area (Å²) < 4.78 is 18.7. The number of ether oxygens (including phenoxy) is 1. The number of anilines is 1. The molecule has 0 atom stereocenters. The summed E-state index contributed by atoms with van der Waals surface area (Å²) in [4.78, 5) is 14.1. The van der Waals surface area contributed by atoms with Gasteiger partial charge in [-0.1, -0.05) is 23.7 Å². The Hall–Kier alpha value is -2.07. The van der Waals surface area contributed by atoms with Crippen LogP contribution in [0.25, 0.3) is 0 Å². The van der Waals surface area contributed by atoms with E-state index < -0.39 is 0 Å². The number of nitrogens with zero attached hydrogens (tertiary/aromatic N) is 1. The van der Waals surface area contributed by atoms with Crippen LogP contribution in [0.2, 0.25) is 5.02 Å². The van der Waals surface area contributed by atoms with Gasteiger partial charge in [0, 0.05) is 5.02 Å². The molecule has 0 aliphatic carbocycles. The lowest BCUT2D eigenvalue weighted by molar-refractivity contribution is -0.118. The Labute approximate surface area is 126 Å². The zero-order chi connectivity index (χ0) is 14.8. The highest BCUT2D eigenvalue weighted by atomic mass is 35.5. The average molecular weight is 306 g/mol. The number of rotatable bonds is 2. The van der Waals surface area contributed by atoms with Gasteiger partial charge in [0.25, 0.3) is 0 Å². The molecule has 0 saturated carbocycles. The molecule has 0 aromatic heterocycles. The van der Waals surface area contributed by atoms with E-state index in [4.69, 9.17) is 16.3 Å². The van der Waals surface area contributed by atoms with Crippen LogP contribution in [0.1, 0.15) is 5.56 Å². The number of amides is 1. The van der Waals surface area contributed by atoms with Gasteiger partial charge in [-0.2, -0.15) is 0 Å². The van der Waals surface area contributed by atoms with Crippen LogP contribution in [0, 0.1) is 5.82 Å². The third kappa shape index (κ3) is 3.00. The maximum absolute atomic E-state index is 13.2. The van der Waals surface area contributed by atoms with Crippen LogP contribution in [-0.2, 0) is 11.2 Å². The zero-order valence-electron chi connectivity index (χ0n) is 11.2. The van der Waals surface area contributed by atoms with Crippen LogP contribution in [0.5, 0.6) is 5.75 Å². The standard InChI is InChI=1S/C16H13ClFNO2/c17-12-4-5-15-14(10-12)19(6-7-21-15)16(20)9-11-2-1-3-13(18)8-11/h1-5,8,10H,6-7,9H2. The van der Waals surface area contributed by atoms with Gasteiger partial charge in [-0.3, -0.25) is 4.79 Å². The first kappa shape index (κ1) is 13.9. The Bertz CT molecular complexity index is 690. The fourth-order valence-corrected chi connectivity index (χ4v) is 2.53. The lowest BCUT2D eigenvalue weighted by Gasteiger charge is -2.29. The second-order valence-electron chi connectivity index (χ2n) is 4.81. The fraction of sp³-hybridized carbons (Fsp3) is 0.188. The van der Waals surface area contributed by atoms with Gasteiger partial charge in [0.1, 0.15) is 18.2 Å². The molecule has 0 radical (unpaired) electrons. The molecule has 0 fully saturated rings. The van der Waals surface area contributed by atoms with Crippen molar-refractivity contribution < 1.29 is 13.9 Å². The average Bonchev–Trinajstić information content (AvgIpc) is 2.46. The zero-order valence-corrected chi connectivity index (χ0v) is 11.9. The maximum Gasteiger partial charge on any atom is 0.231 e. The van der Waals surface area contributed by atoms with E-state index in [2.05, 4.69) is 0 Å². The van der Waals surface area contributed by atoms with Crippen molar-refractivity contribution in [2.24, 2.45) is 0 Å². The van der Waals surface area contributed by atoms with Gasteiger partial charge in [0.05, 0.1) is 18.7 Å². The molecule has 3 rings (SSSR count). The van der Waals surface area contributed by atoms with E-state index in [9.17, 15) is 9.18 Å². The number of hydrogen-bond donors (Lipinski definition) is 0. The number of fused-ring (bicyclic) bond motifs is 1. The maximum atomic E-state index is 13.2. The quantitative estimate of drug-likeness (QED) is 0.850. The van der Waals surface area contributed by atoms with Crippen molar-refractivity contribution in [2.45, 2.75) is 6.42 Å². The molecule has 0 saturated heterocycles. The van der Waals surface area contributed by atoms with Gasteiger partial charge in [0.2, 0.25) is 5.91 Å². The lowest BCUT2D eigenvalue weighted by atomic mass is 10.1. The molecule has 1 aliphatic rings. The van der Waals surface area contributed by atoms with Crippen molar-refractivity contribution >= 4 is 23.2 Å². The summed E-state index contributed by atoms with van der Waals surface area (Å²) in [6.45, 7) is 0.894. The lowest BCUT2D eigenvalue weighted by Crippen LogP contribution is -2.38. The Morgan fingerprint density at radius 3 is 2.95 bits per heavy atom. The minimum Gasteiger partial charge on any atom is -0.490 e. The van der Waals surface area contributed by atoms with Crippen molar-refractivity contribution in [3.8, 4) is 5.75 Å². The Balaban J connectivity index is 1.85. The highest BCUT2D eigenvalue weighted by Crippen LogP contribution is 2.34. The van der Waals surface area contributed by atoms with Gasteiger partial charge in [0.15, 0.2) is 0 Å². The number of benzene rings is 2. The van der Waals surface area contributed by atoms with Crippen LogP contribution < -0.4 is 9.64 Å². The molecule has 0 N–H and O–H groups in total. The highest BCUT2D eigenvalue weighted by Gasteiger charge is 2.24. The summed E-state index contributed by atoms with van der Waals surface area (Å²) >= 11 is 5.98. The smallest absolute Gasteiger partial charge is 0.231 e. The Morgan fingerprint density at radius 1 is 1.29 bits per heavy atom. The summed E-state index contributed by atoms with van der Waals surface area (Å²) in [5, 5.41) is 0.544. The van der Waals surface area contributed by atoms with E-state index in [1.807, 2.05) is 0 Å². The minimum absolute atomic E-state index is 0.104. The molecule has 21 heavy (non-hydrogen) atoms. The van der Waals surface area contributed by atoms with Crippen molar-refractivity contribution in [3.05, 3.63) is 58.9 Å². The van der Waals surface area contributed by atoms with Crippen LogP contribution in [0.15, 0.2) is 42.5 Å². The summed E-state index contributed by atoms with van der Waals surface area (Å²) in [6, 6.07) is 11.2. The van der Waals surface area contributed by atoms with E-state index in [0.29, 0.717) is 35.2 Å². The molecule has 1 aliphatic heterocycles. The number of carbonyl (C=O) groups excluding carboxylic acids is 1. The molecule has 0 unspecified atom stereocenters. The summed E-state index contributed by atoms with van der Waals surface area (Å²) in [7, 11) is 0. The predicted octanol–water partition coefficient (Wildman–Crippen LogP) is 3.45. The molecule has 0 bridgehead atoms. The normalized spacial score (nSPS) is 13.5. The number of hydrogen-bond acceptors (Lipinski definition) is 2. The van der Waals surface area contributed by atoms with Crippen LogP contribution in [0.4, 0.5) is 10.1 Å². The van der Waals surface area contributed by atoms with E-state index in [1.165, 1.54) is 12.1 Å². The summed E-state index contributed by atoms with van der Waals surface area (Å²) in [5.41, 5.74) is 1.31. The molecule has 1 amide bonds. The largest absolute Gasteiger partial charge is 0.490 e. The molecular formula is C16H13ClFNO2. The number of carbonyl (C=O) groups is 1. The van der Waals surface area contributed by atoms with Crippen molar-refractivity contribution in [3.63, 3.8) is 0 Å². The van der Waals surface area contributed by atoms with E-state index in [-0.39, 0.29) is 18.1 Å². The first-order chi connectivity index (χ1) is 10.1. The number of halogens is 2. The molecule has 2 aromatic carbocycles. The van der Waals surface area contributed by atoms with Crippen LogP contribution in [-0.4, -0.2) is 19.1 Å². The fourth-order valence-electron chi connectivity index (χ4n) is 2.37. The van der Waals surface area contributed by atoms with Crippen LogP contribution >= 0.6 is 11.6 Å². The second kappa shape index (κ2) is 5.74. The van der Waals surface area contributed by atoms with Crippen molar-refractivity contribution in [2.75, 3.05) is 18.1 Å². The van der Waals surface area contributed by atoms with E-state index in [0.717, 1.165) is 0 Å². The third-order valence-electron chi connectivity index (χ3n) is 3.33. The highest BCUT2D eigenvalue weighted by molar-refractivity contribution is 6.31. The van der Waals surface area contributed by atoms with Gasteiger partial charge in [-0.25, -0.2) is 4.39 Å². The monoisotopic (exact) mass is 305 g/mol. The van der Waals surface area contributed by atoms with Crippen LogP contribution in [0.3, 0.4) is 0 Å². The topological polar surface area (TPSA) is 29.5 Å². The summed E-state index contributed by atoms with van der Waals surface area (Å²) in [5.74, 6) is 0.191. The SMILES string of the molecule is O=C(Cc1cccc(F)c1)N1CCOc2ccc(Cl)cc21. The first-order valence-electron chi connectivity index (χ1n) is 6.60. The molecule has 108 valence electrons. The molecule has 0 spiro atoms. The van der Waals surface area contributed by atoms with Crippen molar-refractivity contribution in [1.29, 1.82) is 0 Å². The molecule has 1 heterocycles. The van der Waals surface area contributed by atoms with E-state index >= 15 is 0 Å². The van der Waals surface area contributed by atoms with Gasteiger partial charge in [-0.05, 0) is 35.9 Å². The van der Waals surface area contributed by atoms with Gasteiger partial charge < -0.3 is 9.64 Å². The summed E-state index contributed by atoms with van der Waals surface area (Å²) in [6.07, 6.45) is 0.143. The minimum atomic E-state index is -0.342. The van der Waals surface area contributed by atoms with Gasteiger partial charge in [-0.15, -0.1) is 0 Å². The molecular weight excluding hydrogens is 293 g/mol. The first-order valence-corrected chi connectivity index (χ1v) is 6.98. The molecule has 5 heteroatoms. The van der Waals surface area contributed by atoms with Gasteiger partial charge >= 0.3 is 0 Å². The Kier molecular flexibility index (Phi) is 3.80. The molecule has 2 aromatic rings. The third-order valence-corrected chi connectivity index (χ3v) is 3.56. The molecule has 3 nitrogen and oxygen atoms in total. The van der Waals surface area contributed by atoms with Crippen molar-refractivity contribution in [1.82, 2.24) is 0 Å². The second-order valence-corrected chi connectivity index (χ2v) is 5.25.